The largest absolute Gasteiger partial charge is 0.494 e. The van der Waals surface area contributed by atoms with Crippen molar-refractivity contribution in [3.8, 4) is 11.8 Å². The average Bonchev–Trinajstić information content (AvgIpc) is 2.47. The van der Waals surface area contributed by atoms with Crippen LogP contribution in [-0.2, 0) is 0 Å². The molecule has 0 aliphatic rings. The van der Waals surface area contributed by atoms with E-state index in [1.54, 1.807) is 24.3 Å². The van der Waals surface area contributed by atoms with Gasteiger partial charge in [-0.05, 0) is 42.3 Å². The second-order valence-electron chi connectivity index (χ2n) is 4.15. The zero-order valence-electron chi connectivity index (χ0n) is 10.7. The monoisotopic (exact) mass is 253 g/mol. The molecule has 0 aliphatic heterocycles. The third-order valence-electron chi connectivity index (χ3n) is 2.82. The number of hydrogen-bond acceptors (Lipinski definition) is 3. The van der Waals surface area contributed by atoms with Crippen LogP contribution in [0.2, 0.25) is 0 Å². The maximum absolute atomic E-state index is 10.3. The summed E-state index contributed by atoms with van der Waals surface area (Å²) in [4.78, 5) is 0. The van der Waals surface area contributed by atoms with Crippen molar-refractivity contribution < 1.29 is 9.84 Å². The van der Waals surface area contributed by atoms with E-state index in [4.69, 9.17) is 10.00 Å². The van der Waals surface area contributed by atoms with E-state index in [1.807, 2.05) is 31.2 Å². The minimum absolute atomic E-state index is 0.539. The molecule has 0 aliphatic carbocycles. The molecule has 96 valence electrons. The predicted molar refractivity (Wildman–Crippen MR) is 72.8 cm³/mol. The first-order valence-electron chi connectivity index (χ1n) is 6.15. The maximum atomic E-state index is 10.3. The standard InChI is InChI=1S/C16H15NO2/c1-2-19-15-8-4-7-14(10-15)16(18)13-6-3-5-12(9-13)11-17/h3-10,16,18H,2H2,1H3. The van der Waals surface area contributed by atoms with E-state index < -0.39 is 6.10 Å². The van der Waals surface area contributed by atoms with Gasteiger partial charge in [0.1, 0.15) is 11.9 Å². The van der Waals surface area contributed by atoms with Crippen LogP contribution in [0, 0.1) is 11.3 Å². The normalized spacial score (nSPS) is 11.6. The second kappa shape index (κ2) is 6.03. The zero-order valence-corrected chi connectivity index (χ0v) is 10.7. The minimum atomic E-state index is -0.756. The van der Waals surface area contributed by atoms with Gasteiger partial charge in [-0.25, -0.2) is 0 Å². The highest BCUT2D eigenvalue weighted by Crippen LogP contribution is 2.25. The molecule has 0 amide bonds. The molecule has 3 heteroatoms. The molecule has 0 aromatic heterocycles. The van der Waals surface area contributed by atoms with E-state index in [1.165, 1.54) is 0 Å². The molecule has 2 rings (SSSR count). The molecule has 0 fully saturated rings. The fourth-order valence-electron chi connectivity index (χ4n) is 1.91. The highest BCUT2D eigenvalue weighted by Gasteiger charge is 2.11. The summed E-state index contributed by atoms with van der Waals surface area (Å²) in [6, 6.07) is 16.4. The van der Waals surface area contributed by atoms with E-state index in [2.05, 4.69) is 6.07 Å². The van der Waals surface area contributed by atoms with Crippen LogP contribution in [-0.4, -0.2) is 11.7 Å². The molecule has 0 radical (unpaired) electrons. The molecule has 0 heterocycles. The minimum Gasteiger partial charge on any atom is -0.494 e. The topological polar surface area (TPSA) is 53.2 Å². The Kier molecular flexibility index (Phi) is 4.17. The first kappa shape index (κ1) is 13.1. The van der Waals surface area contributed by atoms with E-state index in [0.717, 1.165) is 11.3 Å². The van der Waals surface area contributed by atoms with E-state index in [-0.39, 0.29) is 0 Å². The van der Waals surface area contributed by atoms with Crippen LogP contribution in [0.25, 0.3) is 0 Å². The molecule has 0 bridgehead atoms. The van der Waals surface area contributed by atoms with Crippen molar-refractivity contribution in [1.82, 2.24) is 0 Å². The molecule has 19 heavy (non-hydrogen) atoms. The fraction of sp³-hybridized carbons (Fsp3) is 0.188. The summed E-state index contributed by atoms with van der Waals surface area (Å²) in [7, 11) is 0. The van der Waals surface area contributed by atoms with Crippen molar-refractivity contribution >= 4 is 0 Å². The quantitative estimate of drug-likeness (QED) is 0.911. The molecule has 1 unspecified atom stereocenters. The molecule has 1 N–H and O–H groups in total. The van der Waals surface area contributed by atoms with Gasteiger partial charge in [-0.2, -0.15) is 5.26 Å². The Labute approximate surface area is 112 Å². The number of aliphatic hydroxyl groups is 1. The molecular formula is C16H15NO2. The number of hydrogen-bond donors (Lipinski definition) is 1. The smallest absolute Gasteiger partial charge is 0.119 e. The van der Waals surface area contributed by atoms with Gasteiger partial charge in [0.2, 0.25) is 0 Å². The lowest BCUT2D eigenvalue weighted by molar-refractivity contribution is 0.219. The lowest BCUT2D eigenvalue weighted by Gasteiger charge is -2.13. The lowest BCUT2D eigenvalue weighted by atomic mass is 10.00. The average molecular weight is 253 g/mol. The molecule has 0 saturated carbocycles. The highest BCUT2D eigenvalue weighted by atomic mass is 16.5. The van der Waals surface area contributed by atoms with Crippen molar-refractivity contribution in [2.75, 3.05) is 6.61 Å². The summed E-state index contributed by atoms with van der Waals surface area (Å²) >= 11 is 0. The summed E-state index contributed by atoms with van der Waals surface area (Å²) < 4.78 is 5.41. The van der Waals surface area contributed by atoms with Crippen LogP contribution >= 0.6 is 0 Å². The van der Waals surface area contributed by atoms with Gasteiger partial charge in [0.25, 0.3) is 0 Å². The van der Waals surface area contributed by atoms with E-state index in [0.29, 0.717) is 17.7 Å². The number of rotatable bonds is 4. The Morgan fingerprint density at radius 3 is 2.53 bits per heavy atom. The van der Waals surface area contributed by atoms with E-state index in [9.17, 15) is 5.11 Å². The molecule has 0 saturated heterocycles. The lowest BCUT2D eigenvalue weighted by Crippen LogP contribution is -2.01. The number of aliphatic hydroxyl groups excluding tert-OH is 1. The van der Waals surface area contributed by atoms with Gasteiger partial charge in [0, 0.05) is 0 Å². The van der Waals surface area contributed by atoms with Gasteiger partial charge in [-0.3, -0.25) is 0 Å². The Bertz CT molecular complexity index is 602. The van der Waals surface area contributed by atoms with Crippen molar-refractivity contribution in [1.29, 1.82) is 5.26 Å². The number of nitriles is 1. The summed E-state index contributed by atoms with van der Waals surface area (Å²) in [5.41, 5.74) is 1.99. The molecule has 3 nitrogen and oxygen atoms in total. The molecule has 0 spiro atoms. The van der Waals surface area contributed by atoms with Crippen molar-refractivity contribution in [2.45, 2.75) is 13.0 Å². The van der Waals surface area contributed by atoms with Crippen molar-refractivity contribution in [3.05, 3.63) is 65.2 Å². The summed E-state index contributed by atoms with van der Waals surface area (Å²) in [5, 5.41) is 19.2. The van der Waals surface area contributed by atoms with Crippen molar-refractivity contribution in [3.63, 3.8) is 0 Å². The van der Waals surface area contributed by atoms with Gasteiger partial charge >= 0.3 is 0 Å². The Hall–Kier alpha value is -2.31. The SMILES string of the molecule is CCOc1cccc(C(O)c2cccc(C#N)c2)c1. The summed E-state index contributed by atoms with van der Waals surface area (Å²) in [6.07, 6.45) is -0.756. The fourth-order valence-corrected chi connectivity index (χ4v) is 1.91. The third kappa shape index (κ3) is 3.12. The van der Waals surface area contributed by atoms with Crippen molar-refractivity contribution in [2.24, 2.45) is 0 Å². The summed E-state index contributed by atoms with van der Waals surface area (Å²) in [5.74, 6) is 0.732. The van der Waals surface area contributed by atoms with E-state index >= 15 is 0 Å². The Morgan fingerprint density at radius 2 is 1.84 bits per heavy atom. The number of ether oxygens (including phenoxy) is 1. The first-order chi connectivity index (χ1) is 9.24. The van der Waals surface area contributed by atoms with Crippen LogP contribution in [0.3, 0.4) is 0 Å². The van der Waals surface area contributed by atoms with Gasteiger partial charge in [0.05, 0.1) is 18.2 Å². The van der Waals surface area contributed by atoms with Crippen LogP contribution in [0.1, 0.15) is 29.7 Å². The second-order valence-corrected chi connectivity index (χ2v) is 4.15. The van der Waals surface area contributed by atoms with Crippen LogP contribution in [0.4, 0.5) is 0 Å². The Balaban J connectivity index is 2.30. The third-order valence-corrected chi connectivity index (χ3v) is 2.82. The first-order valence-corrected chi connectivity index (χ1v) is 6.15. The maximum Gasteiger partial charge on any atom is 0.119 e. The van der Waals surface area contributed by atoms with Crippen LogP contribution < -0.4 is 4.74 Å². The highest BCUT2D eigenvalue weighted by molar-refractivity contribution is 5.39. The Morgan fingerprint density at radius 1 is 1.16 bits per heavy atom. The molecule has 2 aromatic carbocycles. The van der Waals surface area contributed by atoms with Gasteiger partial charge in [-0.1, -0.05) is 24.3 Å². The van der Waals surface area contributed by atoms with Gasteiger partial charge in [-0.15, -0.1) is 0 Å². The zero-order chi connectivity index (χ0) is 13.7. The predicted octanol–water partition coefficient (Wildman–Crippen LogP) is 3.04. The molecular weight excluding hydrogens is 238 g/mol. The van der Waals surface area contributed by atoms with Gasteiger partial charge < -0.3 is 9.84 Å². The van der Waals surface area contributed by atoms with Gasteiger partial charge in [0.15, 0.2) is 0 Å². The van der Waals surface area contributed by atoms with Crippen LogP contribution in [0.15, 0.2) is 48.5 Å². The number of nitrogens with zero attached hydrogens (tertiary/aromatic N) is 1. The number of benzene rings is 2. The summed E-state index contributed by atoms with van der Waals surface area (Å²) in [6.45, 7) is 2.50. The molecule has 2 aromatic rings. The van der Waals surface area contributed by atoms with Crippen LogP contribution in [0.5, 0.6) is 5.75 Å². The molecule has 1 atom stereocenters.